The third-order valence-corrected chi connectivity index (χ3v) is 1.85. The number of pyridine rings is 1. The van der Waals surface area contributed by atoms with Gasteiger partial charge in [-0.3, -0.25) is 0 Å². The van der Waals surface area contributed by atoms with E-state index < -0.39 is 5.97 Å². The smallest absolute Gasteiger partial charge is 0.330 e. The van der Waals surface area contributed by atoms with E-state index in [1.54, 1.807) is 12.1 Å². The summed E-state index contributed by atoms with van der Waals surface area (Å²) in [6.07, 6.45) is 2.82. The highest BCUT2D eigenvalue weighted by Crippen LogP contribution is 2.24. The fourth-order valence-corrected chi connectivity index (χ4v) is 1.06. The lowest BCUT2D eigenvalue weighted by molar-refractivity contribution is -0.134. The Morgan fingerprint density at radius 2 is 2.00 bits per heavy atom. The van der Waals surface area contributed by atoms with Gasteiger partial charge >= 0.3 is 5.97 Å². The molecule has 0 aliphatic rings. The molecule has 1 aromatic rings. The molecule has 5 heteroatoms. The Labute approximate surface area is 93.7 Å². The molecule has 5 nitrogen and oxygen atoms in total. The van der Waals surface area contributed by atoms with Gasteiger partial charge in [0.25, 0.3) is 5.88 Å². The van der Waals surface area contributed by atoms with Crippen molar-refractivity contribution in [1.82, 2.24) is 4.98 Å². The molecule has 0 aromatic carbocycles. The summed E-state index contributed by atoms with van der Waals surface area (Å²) in [5.41, 5.74) is 0.586. The highest BCUT2D eigenvalue weighted by molar-refractivity contribution is 5.86. The Bertz CT molecular complexity index is 401. The van der Waals surface area contributed by atoms with E-state index in [-0.39, 0.29) is 0 Å². The molecule has 0 saturated heterocycles. The monoisotopic (exact) mass is 223 g/mol. The fourth-order valence-electron chi connectivity index (χ4n) is 1.06. The molecule has 1 rings (SSSR count). The Kier molecular flexibility index (Phi) is 4.32. The van der Waals surface area contributed by atoms with Gasteiger partial charge in [0, 0.05) is 6.08 Å². The molecule has 1 heterocycles. The number of ether oxygens (including phenoxy) is 3. The summed E-state index contributed by atoms with van der Waals surface area (Å²) in [4.78, 5) is 15.0. The first-order valence-corrected chi connectivity index (χ1v) is 4.56. The number of nitrogens with zero attached hydrogens (tertiary/aromatic N) is 1. The summed E-state index contributed by atoms with van der Waals surface area (Å²) >= 11 is 0. The lowest BCUT2D eigenvalue weighted by Crippen LogP contribution is -1.96. The third kappa shape index (κ3) is 2.98. The van der Waals surface area contributed by atoms with E-state index in [1.807, 2.05) is 0 Å². The van der Waals surface area contributed by atoms with Crippen LogP contribution in [0.15, 0.2) is 18.2 Å². The highest BCUT2D eigenvalue weighted by Gasteiger charge is 2.04. The van der Waals surface area contributed by atoms with Crippen molar-refractivity contribution in [3.8, 4) is 11.6 Å². The van der Waals surface area contributed by atoms with Crippen LogP contribution in [0.3, 0.4) is 0 Å². The number of carbonyl (C=O) groups excluding carboxylic acids is 1. The standard InChI is InChI=1S/C11H13NO4/c1-14-9-6-4-8(12-11(9)16-3)5-7-10(13)15-2/h4-7H,1-3H3. The largest absolute Gasteiger partial charge is 0.491 e. The van der Waals surface area contributed by atoms with Crippen LogP contribution in [0.2, 0.25) is 0 Å². The molecule has 86 valence electrons. The predicted octanol–water partition coefficient (Wildman–Crippen LogP) is 1.28. The maximum Gasteiger partial charge on any atom is 0.330 e. The first-order chi connectivity index (χ1) is 7.71. The van der Waals surface area contributed by atoms with Crippen molar-refractivity contribution in [2.75, 3.05) is 21.3 Å². The Morgan fingerprint density at radius 1 is 1.25 bits per heavy atom. The van der Waals surface area contributed by atoms with E-state index in [4.69, 9.17) is 9.47 Å². The van der Waals surface area contributed by atoms with Gasteiger partial charge < -0.3 is 14.2 Å². The van der Waals surface area contributed by atoms with Gasteiger partial charge in [-0.15, -0.1) is 0 Å². The van der Waals surface area contributed by atoms with Gasteiger partial charge in [0.1, 0.15) is 0 Å². The van der Waals surface area contributed by atoms with Gasteiger partial charge in [-0.25, -0.2) is 9.78 Å². The molecule has 0 amide bonds. The van der Waals surface area contributed by atoms with Crippen LogP contribution < -0.4 is 9.47 Å². The minimum atomic E-state index is -0.434. The number of esters is 1. The molecule has 0 unspecified atom stereocenters. The Balaban J connectivity index is 2.91. The van der Waals surface area contributed by atoms with E-state index in [2.05, 4.69) is 9.72 Å². The van der Waals surface area contributed by atoms with E-state index in [1.165, 1.54) is 33.5 Å². The van der Waals surface area contributed by atoms with Gasteiger partial charge in [0.2, 0.25) is 0 Å². The molecule has 0 radical (unpaired) electrons. The first-order valence-electron chi connectivity index (χ1n) is 4.56. The molecule has 0 bridgehead atoms. The zero-order valence-corrected chi connectivity index (χ0v) is 9.39. The lowest BCUT2D eigenvalue weighted by Gasteiger charge is -2.06. The summed E-state index contributed by atoms with van der Waals surface area (Å²) in [6, 6.07) is 3.42. The fraction of sp³-hybridized carbons (Fsp3) is 0.273. The van der Waals surface area contributed by atoms with Crippen molar-refractivity contribution in [1.29, 1.82) is 0 Å². The minimum Gasteiger partial charge on any atom is -0.491 e. The SMILES string of the molecule is COC(=O)C=Cc1ccc(OC)c(OC)n1. The second-order valence-electron chi connectivity index (χ2n) is 2.80. The lowest BCUT2D eigenvalue weighted by atomic mass is 10.3. The quantitative estimate of drug-likeness (QED) is 0.568. The van der Waals surface area contributed by atoms with E-state index in [0.717, 1.165) is 0 Å². The maximum atomic E-state index is 10.9. The molecule has 0 spiro atoms. The first kappa shape index (κ1) is 12.0. The summed E-state index contributed by atoms with van der Waals surface area (Å²) in [7, 11) is 4.34. The van der Waals surface area contributed by atoms with Gasteiger partial charge in [0.15, 0.2) is 5.75 Å². The van der Waals surface area contributed by atoms with Gasteiger partial charge in [-0.1, -0.05) is 0 Å². The molecule has 0 saturated carbocycles. The molecule has 1 aromatic heterocycles. The number of methoxy groups -OCH3 is 3. The van der Waals surface area contributed by atoms with Crippen molar-refractivity contribution >= 4 is 12.0 Å². The molecule has 0 aliphatic heterocycles. The van der Waals surface area contributed by atoms with Crippen LogP contribution in [0.4, 0.5) is 0 Å². The van der Waals surface area contributed by atoms with Crippen LogP contribution in [-0.4, -0.2) is 32.3 Å². The average molecular weight is 223 g/mol. The maximum absolute atomic E-state index is 10.9. The molecular formula is C11H13NO4. The number of carbonyl (C=O) groups is 1. The Hall–Kier alpha value is -2.04. The number of hydrogen-bond acceptors (Lipinski definition) is 5. The molecular weight excluding hydrogens is 210 g/mol. The summed E-state index contributed by atoms with van der Waals surface area (Å²) in [6.45, 7) is 0. The van der Waals surface area contributed by atoms with Crippen molar-refractivity contribution in [2.24, 2.45) is 0 Å². The molecule has 0 N–H and O–H groups in total. The summed E-state index contributed by atoms with van der Waals surface area (Å²) in [5, 5.41) is 0. The van der Waals surface area contributed by atoms with E-state index in [0.29, 0.717) is 17.3 Å². The highest BCUT2D eigenvalue weighted by atomic mass is 16.5. The molecule has 16 heavy (non-hydrogen) atoms. The number of rotatable bonds is 4. The van der Waals surface area contributed by atoms with Crippen LogP contribution >= 0.6 is 0 Å². The molecule has 0 fully saturated rings. The summed E-state index contributed by atoms with van der Waals surface area (Å²) < 4.78 is 14.5. The van der Waals surface area contributed by atoms with Crippen LogP contribution in [0, 0.1) is 0 Å². The number of aromatic nitrogens is 1. The van der Waals surface area contributed by atoms with Crippen molar-refractivity contribution in [3.05, 3.63) is 23.9 Å². The zero-order chi connectivity index (χ0) is 12.0. The van der Waals surface area contributed by atoms with Crippen LogP contribution in [0.25, 0.3) is 6.08 Å². The van der Waals surface area contributed by atoms with Crippen LogP contribution in [-0.2, 0) is 9.53 Å². The van der Waals surface area contributed by atoms with Gasteiger partial charge in [-0.2, -0.15) is 0 Å². The zero-order valence-electron chi connectivity index (χ0n) is 9.39. The van der Waals surface area contributed by atoms with E-state index >= 15 is 0 Å². The molecule has 0 aliphatic carbocycles. The average Bonchev–Trinajstić information content (AvgIpc) is 2.35. The Morgan fingerprint density at radius 3 is 2.56 bits per heavy atom. The normalized spacial score (nSPS) is 10.2. The summed E-state index contributed by atoms with van der Waals surface area (Å²) in [5.74, 6) is 0.476. The second-order valence-corrected chi connectivity index (χ2v) is 2.80. The topological polar surface area (TPSA) is 57.7 Å². The van der Waals surface area contributed by atoms with Crippen molar-refractivity contribution in [3.63, 3.8) is 0 Å². The molecule has 0 atom stereocenters. The van der Waals surface area contributed by atoms with Crippen LogP contribution in [0.1, 0.15) is 5.69 Å². The number of hydrogen-bond donors (Lipinski definition) is 0. The van der Waals surface area contributed by atoms with E-state index in [9.17, 15) is 4.79 Å². The third-order valence-electron chi connectivity index (χ3n) is 1.85. The minimum absolute atomic E-state index is 0.370. The second kappa shape index (κ2) is 5.75. The van der Waals surface area contributed by atoms with Crippen LogP contribution in [0.5, 0.6) is 11.6 Å². The van der Waals surface area contributed by atoms with Crippen molar-refractivity contribution < 1.29 is 19.0 Å². The van der Waals surface area contributed by atoms with Gasteiger partial charge in [0.05, 0.1) is 27.0 Å². The van der Waals surface area contributed by atoms with Crippen molar-refractivity contribution in [2.45, 2.75) is 0 Å². The predicted molar refractivity (Wildman–Crippen MR) is 58.4 cm³/mol. The van der Waals surface area contributed by atoms with Gasteiger partial charge in [-0.05, 0) is 18.2 Å².